The summed E-state index contributed by atoms with van der Waals surface area (Å²) in [6.45, 7) is 6.28. The molecule has 3 heterocycles. The lowest BCUT2D eigenvalue weighted by Gasteiger charge is -2.17. The van der Waals surface area contributed by atoms with Gasteiger partial charge in [0.15, 0.2) is 6.10 Å². The molecule has 0 aliphatic carbocycles. The van der Waals surface area contributed by atoms with E-state index in [1.165, 1.54) is 0 Å². The molecule has 36 heavy (non-hydrogen) atoms. The highest BCUT2D eigenvalue weighted by Crippen LogP contribution is 2.32. The average molecular weight is 483 g/mol. The minimum atomic E-state index is -0.687. The molecule has 0 amide bonds. The minimum absolute atomic E-state index is 0.233. The second-order valence-corrected chi connectivity index (χ2v) is 8.57. The van der Waals surface area contributed by atoms with Gasteiger partial charge < -0.3 is 14.3 Å². The van der Waals surface area contributed by atoms with Crippen molar-refractivity contribution < 1.29 is 19.1 Å². The lowest BCUT2D eigenvalue weighted by molar-refractivity contribution is 0.0246. The van der Waals surface area contributed by atoms with Crippen molar-refractivity contribution in [1.29, 1.82) is 0 Å². The van der Waals surface area contributed by atoms with Crippen molar-refractivity contribution in [3.05, 3.63) is 114 Å². The molecular formula is C30H30N2O4. The predicted molar refractivity (Wildman–Crippen MR) is 140 cm³/mol. The summed E-state index contributed by atoms with van der Waals surface area (Å²) >= 11 is 0. The number of hydrogen-bond donors (Lipinski definition) is 1. The number of hydrogen-bond acceptors (Lipinski definition) is 6. The van der Waals surface area contributed by atoms with E-state index in [1.54, 1.807) is 36.7 Å². The lowest BCUT2D eigenvalue weighted by Crippen LogP contribution is -2.11. The van der Waals surface area contributed by atoms with Gasteiger partial charge in [0.2, 0.25) is 0 Å². The van der Waals surface area contributed by atoms with Gasteiger partial charge >= 0.3 is 5.97 Å². The van der Waals surface area contributed by atoms with Gasteiger partial charge in [0.25, 0.3) is 0 Å². The monoisotopic (exact) mass is 482 g/mol. The smallest absolute Gasteiger partial charge is 0.338 e. The predicted octanol–water partition coefficient (Wildman–Crippen LogP) is 6.83. The zero-order valence-corrected chi connectivity index (χ0v) is 20.4. The summed E-state index contributed by atoms with van der Waals surface area (Å²) in [5.74, 6) is 0.398. The van der Waals surface area contributed by atoms with Crippen LogP contribution < -0.4 is 0 Å². The van der Waals surface area contributed by atoms with Crippen LogP contribution in [0.2, 0.25) is 0 Å². The topological polar surface area (TPSA) is 85.5 Å². The van der Waals surface area contributed by atoms with Gasteiger partial charge in [0, 0.05) is 36.0 Å². The van der Waals surface area contributed by atoms with Crippen LogP contribution in [0.3, 0.4) is 0 Å². The van der Waals surface area contributed by atoms with Crippen molar-refractivity contribution in [3.8, 4) is 0 Å². The molecular weight excluding hydrogens is 452 g/mol. The molecule has 0 fully saturated rings. The molecule has 4 rings (SSSR count). The highest BCUT2D eigenvalue weighted by Gasteiger charge is 2.21. The molecule has 6 heteroatoms. The molecule has 0 spiro atoms. The molecule has 3 aromatic heterocycles. The molecule has 6 nitrogen and oxygen atoms in total. The zero-order chi connectivity index (χ0) is 25.3. The number of carbonyl (C=O) groups is 1. The van der Waals surface area contributed by atoms with E-state index in [-0.39, 0.29) is 6.61 Å². The lowest BCUT2D eigenvalue weighted by atomic mass is 9.94. The Kier molecular flexibility index (Phi) is 8.42. The van der Waals surface area contributed by atoms with E-state index < -0.39 is 12.1 Å². The molecule has 0 saturated heterocycles. The summed E-state index contributed by atoms with van der Waals surface area (Å²) in [4.78, 5) is 21.4. The normalized spacial score (nSPS) is 12.4. The van der Waals surface area contributed by atoms with Crippen LogP contribution in [0, 0.1) is 0 Å². The quantitative estimate of drug-likeness (QED) is 0.186. The summed E-state index contributed by atoms with van der Waals surface area (Å²) < 4.78 is 11.6. The maximum absolute atomic E-state index is 12.9. The first kappa shape index (κ1) is 25.1. The summed E-state index contributed by atoms with van der Waals surface area (Å²) in [5, 5.41) is 10.5. The molecule has 1 atom stereocenters. The third kappa shape index (κ3) is 6.15. The van der Waals surface area contributed by atoms with Crippen LogP contribution in [0.4, 0.5) is 0 Å². The number of benzene rings is 1. The van der Waals surface area contributed by atoms with Crippen LogP contribution >= 0.6 is 0 Å². The largest absolute Gasteiger partial charge is 0.460 e. The van der Waals surface area contributed by atoms with Crippen molar-refractivity contribution in [3.63, 3.8) is 0 Å². The molecule has 0 aliphatic heterocycles. The van der Waals surface area contributed by atoms with E-state index in [1.807, 2.05) is 36.5 Å². The number of fused-ring (bicyclic) bond motifs is 1. The first-order valence-corrected chi connectivity index (χ1v) is 12.1. The van der Waals surface area contributed by atoms with E-state index in [4.69, 9.17) is 9.15 Å². The van der Waals surface area contributed by atoms with Crippen LogP contribution in [0.1, 0.15) is 66.2 Å². The highest BCUT2D eigenvalue weighted by molar-refractivity contribution is 5.89. The Morgan fingerprint density at radius 2 is 1.94 bits per heavy atom. The number of furan rings is 1. The maximum Gasteiger partial charge on any atom is 0.338 e. The highest BCUT2D eigenvalue weighted by atomic mass is 16.6. The summed E-state index contributed by atoms with van der Waals surface area (Å²) in [7, 11) is 0. The van der Waals surface area contributed by atoms with Gasteiger partial charge in [-0.05, 0) is 60.4 Å². The molecule has 1 aromatic carbocycles. The van der Waals surface area contributed by atoms with Gasteiger partial charge in [0.1, 0.15) is 18.1 Å². The second-order valence-electron chi connectivity index (χ2n) is 8.57. The van der Waals surface area contributed by atoms with E-state index in [9.17, 15) is 9.90 Å². The Balaban J connectivity index is 1.67. The number of aromatic nitrogens is 2. The van der Waals surface area contributed by atoms with Crippen LogP contribution in [-0.2, 0) is 11.3 Å². The zero-order valence-electron chi connectivity index (χ0n) is 20.4. The Hall–Kier alpha value is -4.03. The number of pyridine rings is 2. The van der Waals surface area contributed by atoms with Crippen molar-refractivity contribution in [1.82, 2.24) is 9.97 Å². The van der Waals surface area contributed by atoms with Gasteiger partial charge in [0.05, 0.1) is 11.1 Å². The number of esters is 1. The molecule has 1 N–H and O–H groups in total. The molecule has 4 aromatic rings. The number of carbonyl (C=O) groups excluding carboxylic acids is 1. The maximum atomic E-state index is 12.9. The summed E-state index contributed by atoms with van der Waals surface area (Å²) in [6, 6.07) is 16.7. The first-order valence-electron chi connectivity index (χ1n) is 12.1. The van der Waals surface area contributed by atoms with Gasteiger partial charge in [-0.15, -0.1) is 0 Å². The molecule has 0 unspecified atom stereocenters. The minimum Gasteiger partial charge on any atom is -0.460 e. The number of para-hydroxylation sites is 1. The average Bonchev–Trinajstić information content (AvgIpc) is 3.41. The molecule has 0 bridgehead atoms. The molecule has 0 saturated carbocycles. The fourth-order valence-electron chi connectivity index (χ4n) is 3.99. The third-order valence-corrected chi connectivity index (χ3v) is 5.97. The van der Waals surface area contributed by atoms with E-state index in [0.29, 0.717) is 23.5 Å². The number of rotatable bonds is 11. The van der Waals surface area contributed by atoms with Gasteiger partial charge in [-0.2, -0.15) is 0 Å². The number of ether oxygens (including phenoxy) is 1. The third-order valence-electron chi connectivity index (χ3n) is 5.97. The van der Waals surface area contributed by atoms with Crippen LogP contribution in [0.25, 0.3) is 16.5 Å². The van der Waals surface area contributed by atoms with Gasteiger partial charge in [-0.1, -0.05) is 44.2 Å². The first-order chi connectivity index (χ1) is 17.6. The second kappa shape index (κ2) is 12.1. The summed E-state index contributed by atoms with van der Waals surface area (Å²) in [5.41, 5.74) is 4.27. The van der Waals surface area contributed by atoms with Crippen LogP contribution in [0.5, 0.6) is 0 Å². The fourth-order valence-corrected chi connectivity index (χ4v) is 3.99. The van der Waals surface area contributed by atoms with Crippen LogP contribution in [-0.4, -0.2) is 21.0 Å². The molecule has 0 aliphatic rings. The number of aliphatic hydroxyl groups is 1. The van der Waals surface area contributed by atoms with Crippen molar-refractivity contribution in [2.75, 3.05) is 0 Å². The van der Waals surface area contributed by atoms with Crippen molar-refractivity contribution >= 4 is 22.4 Å². The van der Waals surface area contributed by atoms with Crippen molar-refractivity contribution in [2.24, 2.45) is 0 Å². The molecule has 0 radical (unpaired) electrons. The Morgan fingerprint density at radius 3 is 2.69 bits per heavy atom. The van der Waals surface area contributed by atoms with Gasteiger partial charge in [-0.25, -0.2) is 4.79 Å². The van der Waals surface area contributed by atoms with E-state index >= 15 is 0 Å². The number of aliphatic hydroxyl groups excluding tert-OH is 1. The Labute approximate surface area is 211 Å². The Bertz CT molecular complexity index is 1360. The fraction of sp³-hybridized carbons (Fsp3) is 0.233. The van der Waals surface area contributed by atoms with E-state index in [0.717, 1.165) is 46.9 Å². The number of unbranched alkanes of at least 4 members (excludes halogenated alkanes) is 1. The molecule has 184 valence electrons. The number of nitrogens with zero attached hydrogens (tertiary/aromatic N) is 2. The Morgan fingerprint density at radius 1 is 1.14 bits per heavy atom. The SMILES string of the molecule is C=C(CCCC)/C(=C/C[C@@H](OC(=O)c1ccncc1)c1ccc(CO)o1)c1cnc2ccccc2c1. The van der Waals surface area contributed by atoms with Gasteiger partial charge in [-0.3, -0.25) is 9.97 Å². The standard InChI is InChI=1S/C30H30N2O4/c1-3-4-7-21(2)26(24-18-23-8-5-6-9-27(23)32-19-24)11-13-29(28-12-10-25(20-33)35-28)36-30(34)22-14-16-31-17-15-22/h5-6,8-12,14-19,29,33H,2-4,7,13,20H2,1H3/b26-11-/t29-/m1/s1. The van der Waals surface area contributed by atoms with Crippen molar-refractivity contribution in [2.45, 2.75) is 45.3 Å². The number of allylic oxidation sites excluding steroid dienone is 2. The summed E-state index contributed by atoms with van der Waals surface area (Å²) in [6.07, 6.45) is 9.61. The van der Waals surface area contributed by atoms with E-state index in [2.05, 4.69) is 29.5 Å². The van der Waals surface area contributed by atoms with Crippen LogP contribution in [0.15, 0.2) is 95.8 Å².